The molecule has 0 spiro atoms. The first-order valence-corrected chi connectivity index (χ1v) is 12.5. The Morgan fingerprint density at radius 2 is 1.48 bits per heavy atom. The van der Waals surface area contributed by atoms with Crippen LogP contribution < -0.4 is 5.32 Å². The largest absolute Gasteiger partial charge is 0.398 e. The molecule has 0 aliphatic heterocycles. The second-order valence-electron chi connectivity index (χ2n) is 6.97. The van der Waals surface area contributed by atoms with Crippen molar-refractivity contribution in [2.45, 2.75) is 58.5 Å². The lowest BCUT2D eigenvalue weighted by Crippen LogP contribution is -2.40. The molecule has 0 atom stereocenters. The smallest absolute Gasteiger partial charge is 0.337 e. The van der Waals surface area contributed by atoms with Crippen molar-refractivity contribution < 1.29 is 8.85 Å². The van der Waals surface area contributed by atoms with Crippen LogP contribution in [0.25, 0.3) is 0 Å². The van der Waals surface area contributed by atoms with Gasteiger partial charge in [-0.25, -0.2) is 0 Å². The summed E-state index contributed by atoms with van der Waals surface area (Å²) in [5, 5.41) is 3.51. The number of nitrogens with one attached hydrogen (secondary N) is 1. The maximum atomic E-state index is 5.75. The Kier molecular flexibility index (Phi) is 16.2. The van der Waals surface area contributed by atoms with Gasteiger partial charge >= 0.3 is 8.56 Å². The lowest BCUT2D eigenvalue weighted by atomic mass is 10.3. The fraction of sp³-hybridized carbons (Fsp3) is 1.00. The molecule has 0 aliphatic carbocycles. The van der Waals surface area contributed by atoms with E-state index < -0.39 is 8.56 Å². The summed E-state index contributed by atoms with van der Waals surface area (Å²) in [6.07, 6.45) is 4.87. The third-order valence-corrected chi connectivity index (χ3v) is 8.80. The van der Waals surface area contributed by atoms with Crippen LogP contribution >= 0.6 is 0 Å². The van der Waals surface area contributed by atoms with Gasteiger partial charge in [0.05, 0.1) is 0 Å². The second kappa shape index (κ2) is 16.2. The number of nitrogens with zero attached hydrogens (tertiary/aromatic N) is 2. The fourth-order valence-corrected chi connectivity index (χ4v) is 5.31. The molecular formula is C19H45N3O2Si. The standard InChI is InChI=1S/C19H45N3O2Si/c1-7-13-20-14-10-16-22(17-11-15-21(4)8-2)18-12-19-25(9-3,23-5)24-6/h20H,7-19H2,1-6H3. The Hall–Kier alpha value is 0.0169. The van der Waals surface area contributed by atoms with Gasteiger partial charge in [0.1, 0.15) is 0 Å². The molecule has 0 saturated carbocycles. The van der Waals surface area contributed by atoms with Crippen molar-refractivity contribution in [1.82, 2.24) is 15.1 Å². The van der Waals surface area contributed by atoms with E-state index in [1.807, 2.05) is 14.2 Å². The predicted molar refractivity (Wildman–Crippen MR) is 112 cm³/mol. The molecule has 152 valence electrons. The summed E-state index contributed by atoms with van der Waals surface area (Å²) in [5.41, 5.74) is 0. The quantitative estimate of drug-likeness (QED) is 0.294. The minimum Gasteiger partial charge on any atom is -0.398 e. The van der Waals surface area contributed by atoms with Crippen LogP contribution in [0, 0.1) is 0 Å². The third-order valence-electron chi connectivity index (χ3n) is 5.12. The first kappa shape index (κ1) is 25.0. The monoisotopic (exact) mass is 375 g/mol. The molecular weight excluding hydrogens is 330 g/mol. The zero-order chi connectivity index (χ0) is 19.0. The zero-order valence-corrected chi connectivity index (χ0v) is 18.9. The average molecular weight is 376 g/mol. The van der Waals surface area contributed by atoms with Gasteiger partial charge < -0.3 is 24.0 Å². The van der Waals surface area contributed by atoms with Gasteiger partial charge in [0, 0.05) is 14.2 Å². The molecule has 0 rings (SSSR count). The molecule has 1 N–H and O–H groups in total. The van der Waals surface area contributed by atoms with Gasteiger partial charge in [-0.2, -0.15) is 0 Å². The van der Waals surface area contributed by atoms with E-state index in [0.29, 0.717) is 0 Å². The van der Waals surface area contributed by atoms with E-state index in [9.17, 15) is 0 Å². The molecule has 0 aliphatic rings. The first-order chi connectivity index (χ1) is 12.1. The molecule has 0 aromatic rings. The van der Waals surface area contributed by atoms with Crippen LogP contribution in [0.5, 0.6) is 0 Å². The van der Waals surface area contributed by atoms with Crippen LogP contribution in [0.1, 0.15) is 46.5 Å². The van der Waals surface area contributed by atoms with Crippen LogP contribution in [0.3, 0.4) is 0 Å². The molecule has 0 fully saturated rings. The minimum atomic E-state index is -1.94. The van der Waals surface area contributed by atoms with Crippen molar-refractivity contribution in [2.24, 2.45) is 0 Å². The summed E-state index contributed by atoms with van der Waals surface area (Å²) < 4.78 is 11.5. The molecule has 0 aromatic heterocycles. The highest BCUT2D eigenvalue weighted by molar-refractivity contribution is 6.67. The van der Waals surface area contributed by atoms with Gasteiger partial charge in [0.2, 0.25) is 0 Å². The molecule has 0 unspecified atom stereocenters. The molecule has 0 amide bonds. The summed E-state index contributed by atoms with van der Waals surface area (Å²) in [6.45, 7) is 14.8. The minimum absolute atomic E-state index is 1.03. The van der Waals surface area contributed by atoms with Crippen molar-refractivity contribution in [2.75, 3.05) is 67.1 Å². The Morgan fingerprint density at radius 3 is 2.04 bits per heavy atom. The fourth-order valence-electron chi connectivity index (χ4n) is 3.11. The molecule has 6 heteroatoms. The molecule has 0 radical (unpaired) electrons. The Morgan fingerprint density at radius 1 is 0.840 bits per heavy atom. The Bertz CT molecular complexity index is 284. The van der Waals surface area contributed by atoms with Crippen LogP contribution in [-0.4, -0.2) is 85.4 Å². The number of hydrogen-bond acceptors (Lipinski definition) is 5. The third kappa shape index (κ3) is 12.1. The highest BCUT2D eigenvalue weighted by Crippen LogP contribution is 2.19. The van der Waals surface area contributed by atoms with Gasteiger partial charge in [-0.1, -0.05) is 20.8 Å². The topological polar surface area (TPSA) is 37.0 Å². The van der Waals surface area contributed by atoms with Gasteiger partial charge in [-0.3, -0.25) is 0 Å². The highest BCUT2D eigenvalue weighted by atomic mass is 28.4. The Balaban J connectivity index is 4.26. The first-order valence-electron chi connectivity index (χ1n) is 10.3. The number of hydrogen-bond donors (Lipinski definition) is 1. The van der Waals surface area contributed by atoms with E-state index in [1.54, 1.807) is 0 Å². The van der Waals surface area contributed by atoms with E-state index in [1.165, 1.54) is 45.3 Å². The summed E-state index contributed by atoms with van der Waals surface area (Å²) in [6, 6.07) is 2.12. The van der Waals surface area contributed by atoms with Gasteiger partial charge in [-0.15, -0.1) is 0 Å². The van der Waals surface area contributed by atoms with Crippen LogP contribution in [0.15, 0.2) is 0 Å². The van der Waals surface area contributed by atoms with Gasteiger partial charge in [0.15, 0.2) is 0 Å². The number of rotatable bonds is 18. The van der Waals surface area contributed by atoms with E-state index in [4.69, 9.17) is 8.85 Å². The maximum absolute atomic E-state index is 5.75. The normalized spacial score (nSPS) is 12.5. The van der Waals surface area contributed by atoms with Crippen LogP contribution in [0.4, 0.5) is 0 Å². The van der Waals surface area contributed by atoms with E-state index in [0.717, 1.165) is 38.3 Å². The van der Waals surface area contributed by atoms with E-state index >= 15 is 0 Å². The summed E-state index contributed by atoms with van der Waals surface area (Å²) >= 11 is 0. The highest BCUT2D eigenvalue weighted by Gasteiger charge is 2.32. The zero-order valence-electron chi connectivity index (χ0n) is 17.9. The van der Waals surface area contributed by atoms with Crippen LogP contribution in [0.2, 0.25) is 12.1 Å². The Labute approximate surface area is 158 Å². The molecule has 0 heterocycles. The SMILES string of the molecule is CCCNCCCN(CCCN(C)CC)CCC[Si](CC)(OC)OC. The molecule has 0 saturated heterocycles. The summed E-state index contributed by atoms with van der Waals surface area (Å²) in [5.74, 6) is 0. The summed E-state index contributed by atoms with van der Waals surface area (Å²) in [4.78, 5) is 5.03. The molecule has 0 aromatic carbocycles. The molecule has 0 bridgehead atoms. The maximum Gasteiger partial charge on any atom is 0.337 e. The lowest BCUT2D eigenvalue weighted by molar-refractivity contribution is 0.226. The summed E-state index contributed by atoms with van der Waals surface area (Å²) in [7, 11) is 3.90. The van der Waals surface area contributed by atoms with Crippen molar-refractivity contribution >= 4 is 8.56 Å². The lowest BCUT2D eigenvalue weighted by Gasteiger charge is -2.28. The van der Waals surface area contributed by atoms with E-state index in [2.05, 4.69) is 42.9 Å². The van der Waals surface area contributed by atoms with Crippen molar-refractivity contribution in [1.29, 1.82) is 0 Å². The van der Waals surface area contributed by atoms with Gasteiger partial charge in [-0.05, 0) is 90.6 Å². The molecule has 25 heavy (non-hydrogen) atoms. The van der Waals surface area contributed by atoms with Crippen molar-refractivity contribution in [3.05, 3.63) is 0 Å². The average Bonchev–Trinajstić information content (AvgIpc) is 2.64. The second-order valence-corrected chi connectivity index (χ2v) is 10.8. The molecule has 5 nitrogen and oxygen atoms in total. The van der Waals surface area contributed by atoms with Crippen molar-refractivity contribution in [3.63, 3.8) is 0 Å². The van der Waals surface area contributed by atoms with Crippen molar-refractivity contribution in [3.8, 4) is 0 Å². The van der Waals surface area contributed by atoms with Crippen LogP contribution in [-0.2, 0) is 8.85 Å². The van der Waals surface area contributed by atoms with Gasteiger partial charge in [0.25, 0.3) is 0 Å². The predicted octanol–water partition coefficient (Wildman–Crippen LogP) is 3.16. The van der Waals surface area contributed by atoms with E-state index in [-0.39, 0.29) is 0 Å².